The van der Waals surface area contributed by atoms with Gasteiger partial charge >= 0.3 is 22.4 Å². The summed E-state index contributed by atoms with van der Waals surface area (Å²) in [6, 6.07) is 104. The first-order valence-electron chi connectivity index (χ1n) is 23.1. The molecule has 0 amide bonds. The van der Waals surface area contributed by atoms with Crippen LogP contribution in [0.25, 0.3) is 5.41 Å². The second-order valence-electron chi connectivity index (χ2n) is 15.9. The van der Waals surface area contributed by atoms with Crippen LogP contribution in [-0.2, 0) is 22.4 Å². The number of hydrogen-bond donors (Lipinski definition) is 0. The summed E-state index contributed by atoms with van der Waals surface area (Å²) in [6.07, 6.45) is 0. The van der Waals surface area contributed by atoms with E-state index in [2.05, 4.69) is 273 Å². The number of hydrogen-bond acceptors (Lipinski definition) is 4. The summed E-state index contributed by atoms with van der Waals surface area (Å²) < 4.78 is 0. The monoisotopic (exact) mass is 1090 g/mol. The van der Waals surface area contributed by atoms with Crippen molar-refractivity contribution < 1.29 is 22.4 Å². The molecule has 10 rings (SSSR count). The Bertz CT molecular complexity index is 2810. The third-order valence-corrected chi connectivity index (χ3v) is 19.6. The number of nitrogens with zero attached hydrogens (tertiary/aromatic N) is 5. The fourth-order valence-corrected chi connectivity index (χ4v) is 15.9. The molecule has 0 spiro atoms. The van der Waals surface area contributed by atoms with E-state index in [1.807, 2.05) is 0 Å². The zero-order valence-corrected chi connectivity index (χ0v) is 44.0. The zero-order chi connectivity index (χ0) is 50.2. The molecule has 0 N–H and O–H groups in total. The summed E-state index contributed by atoms with van der Waals surface area (Å²) in [6.45, 7) is 0. The molecule has 1 aliphatic rings. The first-order chi connectivity index (χ1) is 35.6. The largest absolute Gasteiger partial charge is 1.00 e. The maximum absolute atomic E-state index is 8.72. The van der Waals surface area contributed by atoms with Gasteiger partial charge in [-0.15, -0.1) is 0 Å². The summed E-state index contributed by atoms with van der Waals surface area (Å²) in [5.74, 6) is 1.65. The molecule has 5 nitrogen and oxygen atoms in total. The van der Waals surface area contributed by atoms with Crippen molar-refractivity contribution in [2.75, 3.05) is 0 Å². The quantitative estimate of drug-likeness (QED) is 0.0813. The van der Waals surface area contributed by atoms with Gasteiger partial charge in [-0.05, 0) is 109 Å². The Morgan fingerprint density at radius 2 is 0.370 bits per heavy atom. The molecular weight excluding hydrogens is 1040 g/mol. The van der Waals surface area contributed by atoms with Gasteiger partial charge in [0.05, 0.1) is 46.1 Å². The fraction of sp³-hybridized carbons (Fsp3) is 0. The molecule has 73 heavy (non-hydrogen) atoms. The molecule has 352 valence electrons. The Labute approximate surface area is 448 Å². The Kier molecular flexibility index (Phi) is 21.8. The zero-order valence-electron chi connectivity index (χ0n) is 39.5. The van der Waals surface area contributed by atoms with Crippen molar-refractivity contribution >= 4 is 77.4 Å². The van der Waals surface area contributed by atoms with Crippen LogP contribution >= 0.6 is 23.8 Å². The first kappa shape index (κ1) is 54.2. The van der Waals surface area contributed by atoms with Gasteiger partial charge in [-0.1, -0.05) is 164 Å². The Morgan fingerprint density at radius 3 is 0.479 bits per heavy atom. The summed E-state index contributed by atoms with van der Waals surface area (Å²) in [4.78, 5) is 0. The summed E-state index contributed by atoms with van der Waals surface area (Å²) >= 11 is 0. The molecule has 0 aliphatic heterocycles. The number of benzene rings is 9. The van der Waals surface area contributed by atoms with Crippen molar-refractivity contribution in [3.05, 3.63) is 306 Å². The minimum atomic E-state index is -0.877. The minimum absolute atomic E-state index is 0. The van der Waals surface area contributed by atoms with Gasteiger partial charge in [-0.2, -0.15) is 21.0 Å². The molecule has 0 bridgehead atoms. The van der Waals surface area contributed by atoms with Gasteiger partial charge in [0.1, 0.15) is 72.0 Å². The van der Waals surface area contributed by atoms with Crippen molar-refractivity contribution in [1.82, 2.24) is 0 Å². The van der Waals surface area contributed by atoms with E-state index in [1.54, 1.807) is 30.1 Å². The Hall–Kier alpha value is -8.10. The molecule has 9 heteroatoms. The van der Waals surface area contributed by atoms with E-state index in [0.717, 1.165) is 0 Å². The molecule has 0 heterocycles. The van der Waals surface area contributed by atoms with Gasteiger partial charge in [0.25, 0.3) is 0 Å². The fourth-order valence-electron chi connectivity index (χ4n) is 8.13. The van der Waals surface area contributed by atoms with Crippen LogP contribution in [0.5, 0.6) is 0 Å². The van der Waals surface area contributed by atoms with Gasteiger partial charge in [0, 0.05) is 5.57 Å². The topological polar surface area (TPSA) is 117 Å². The van der Waals surface area contributed by atoms with E-state index >= 15 is 0 Å². The molecule has 0 saturated heterocycles. The smallest absolute Gasteiger partial charge is 0.763 e. The van der Waals surface area contributed by atoms with Crippen LogP contribution in [0.2, 0.25) is 0 Å². The van der Waals surface area contributed by atoms with Crippen LogP contribution < -0.4 is 47.7 Å². The standard InChI is InChI=1S/3C18H15P.C10N5.Ag/c3*1-4-10-16(11-5-1)19(17-12-6-2-7-13-17)18-14-8-3-9-15-18;11-1-6-7(2-12)9(4-14)10(5-15)8(6)3-13;/h3*1-15H;;/q;;;-1;+1/p+3. The summed E-state index contributed by atoms with van der Waals surface area (Å²) in [5.41, 5.74) is -1.00. The maximum atomic E-state index is 8.72. The molecule has 1 aliphatic carbocycles. The molecule has 0 atom stereocenters. The SMILES string of the molecule is N#CC1=C(C#N)C(C#N)=C(C#N)C1=C=[N-].[Ag+].c1ccc([PH+](c2ccccc2)c2ccccc2)cc1.c1ccc([PH+](c2ccccc2)c2ccccc2)cc1.c1ccc([PH+](c2ccccc2)c2ccccc2)cc1. The van der Waals surface area contributed by atoms with Gasteiger partial charge in [-0.25, -0.2) is 0 Å². The molecular formula is C64H48AgN5P3+3. The van der Waals surface area contributed by atoms with Crippen LogP contribution in [-0.4, -0.2) is 5.87 Å². The van der Waals surface area contributed by atoms with Crippen LogP contribution in [0.4, 0.5) is 0 Å². The predicted octanol–water partition coefficient (Wildman–Crippen LogP) is 10.4. The second kappa shape index (κ2) is 29.3. The van der Waals surface area contributed by atoms with Crippen molar-refractivity contribution in [2.45, 2.75) is 0 Å². The van der Waals surface area contributed by atoms with Crippen LogP contribution in [0.1, 0.15) is 0 Å². The molecule has 9 aromatic rings. The minimum Gasteiger partial charge on any atom is -0.763 e. The average Bonchev–Trinajstić information content (AvgIpc) is 3.78. The van der Waals surface area contributed by atoms with Gasteiger partial charge in [-0.3, -0.25) is 5.87 Å². The molecule has 0 unspecified atom stereocenters. The van der Waals surface area contributed by atoms with Crippen molar-refractivity contribution in [3.8, 4) is 24.3 Å². The molecule has 0 fully saturated rings. The normalized spacial score (nSPS) is 11.1. The molecule has 0 radical (unpaired) electrons. The van der Waals surface area contributed by atoms with Gasteiger partial charge < -0.3 is 5.41 Å². The third kappa shape index (κ3) is 14.5. The molecule has 0 aromatic heterocycles. The van der Waals surface area contributed by atoms with Crippen molar-refractivity contribution in [2.24, 2.45) is 0 Å². The summed E-state index contributed by atoms with van der Waals surface area (Å²) in [5, 5.41) is 56.5. The van der Waals surface area contributed by atoms with E-state index in [-0.39, 0.29) is 50.2 Å². The van der Waals surface area contributed by atoms with Crippen LogP contribution in [0.15, 0.2) is 301 Å². The third-order valence-electron chi connectivity index (χ3n) is 11.4. The van der Waals surface area contributed by atoms with Crippen molar-refractivity contribution in [1.29, 1.82) is 21.0 Å². The second-order valence-corrected chi connectivity index (χ2v) is 23.3. The Balaban J connectivity index is 0.000000159. The average molecular weight is 1090 g/mol. The maximum Gasteiger partial charge on any atom is 1.00 e. The van der Waals surface area contributed by atoms with E-state index in [1.165, 1.54) is 47.7 Å². The number of allylic oxidation sites excluding steroid dienone is 5. The van der Waals surface area contributed by atoms with Crippen LogP contribution in [0, 0.1) is 45.3 Å². The molecule has 9 aromatic carbocycles. The number of nitriles is 4. The van der Waals surface area contributed by atoms with E-state index in [0.29, 0.717) is 0 Å². The van der Waals surface area contributed by atoms with Crippen molar-refractivity contribution in [3.63, 3.8) is 0 Å². The number of rotatable bonds is 9. The Morgan fingerprint density at radius 1 is 0.233 bits per heavy atom. The molecule has 0 saturated carbocycles. The van der Waals surface area contributed by atoms with E-state index in [4.69, 9.17) is 26.5 Å². The first-order valence-corrected chi connectivity index (χ1v) is 27.6. The van der Waals surface area contributed by atoms with E-state index < -0.39 is 23.8 Å². The van der Waals surface area contributed by atoms with Gasteiger partial charge in [0.2, 0.25) is 0 Å². The predicted molar refractivity (Wildman–Crippen MR) is 308 cm³/mol. The van der Waals surface area contributed by atoms with Gasteiger partial charge in [0.15, 0.2) is 0 Å². The van der Waals surface area contributed by atoms with E-state index in [9.17, 15) is 0 Å². The summed E-state index contributed by atoms with van der Waals surface area (Å²) in [7, 11) is -2.63. The van der Waals surface area contributed by atoms with Crippen LogP contribution in [0.3, 0.4) is 0 Å².